The van der Waals surface area contributed by atoms with Gasteiger partial charge < -0.3 is 14.7 Å². The summed E-state index contributed by atoms with van der Waals surface area (Å²) in [5.41, 5.74) is 0.665. The lowest BCUT2D eigenvalue weighted by molar-refractivity contribution is -0.117. The van der Waals surface area contributed by atoms with E-state index in [0.29, 0.717) is 23.9 Å². The zero-order valence-electron chi connectivity index (χ0n) is 11.1. The molecule has 0 bridgehead atoms. The van der Waals surface area contributed by atoms with E-state index in [2.05, 4.69) is 20.9 Å². The van der Waals surface area contributed by atoms with Gasteiger partial charge in [0.25, 0.3) is 0 Å². The highest BCUT2D eigenvalue weighted by Gasteiger charge is 2.29. The van der Waals surface area contributed by atoms with Crippen molar-refractivity contribution in [2.45, 2.75) is 12.5 Å². The highest BCUT2D eigenvalue weighted by molar-refractivity contribution is 9.10. The number of aromatic nitrogens is 1. The lowest BCUT2D eigenvalue weighted by Gasteiger charge is -2.15. The van der Waals surface area contributed by atoms with Gasteiger partial charge in [-0.25, -0.2) is 4.98 Å². The molecule has 1 saturated heterocycles. The van der Waals surface area contributed by atoms with Gasteiger partial charge in [-0.3, -0.25) is 4.79 Å². The molecule has 2 aromatic rings. The first-order chi connectivity index (χ1) is 10.1. The minimum atomic E-state index is -0.602. The van der Waals surface area contributed by atoms with Gasteiger partial charge in [0.1, 0.15) is 5.75 Å². The number of ether oxygens (including phenoxy) is 1. The molecule has 0 radical (unpaired) electrons. The zero-order valence-corrected chi connectivity index (χ0v) is 12.7. The minimum Gasteiger partial charge on any atom is -0.439 e. The summed E-state index contributed by atoms with van der Waals surface area (Å²) < 4.78 is 6.56. The van der Waals surface area contributed by atoms with Crippen LogP contribution in [0.4, 0.5) is 5.69 Å². The fourth-order valence-corrected chi connectivity index (χ4v) is 2.56. The van der Waals surface area contributed by atoms with Crippen molar-refractivity contribution in [1.29, 1.82) is 0 Å². The lowest BCUT2D eigenvalue weighted by Crippen LogP contribution is -2.25. The molecule has 21 heavy (non-hydrogen) atoms. The lowest BCUT2D eigenvalue weighted by atomic mass is 10.3. The van der Waals surface area contributed by atoms with Crippen molar-refractivity contribution in [2.24, 2.45) is 0 Å². The fourth-order valence-electron chi connectivity index (χ4n) is 2.18. The Bertz CT molecular complexity index is 660. The van der Waals surface area contributed by atoms with E-state index in [1.165, 1.54) is 4.90 Å². The number of pyridine rings is 1. The van der Waals surface area contributed by atoms with Crippen molar-refractivity contribution in [1.82, 2.24) is 4.98 Å². The average molecular weight is 349 g/mol. The number of amides is 1. The summed E-state index contributed by atoms with van der Waals surface area (Å²) >= 11 is 3.38. The van der Waals surface area contributed by atoms with Crippen LogP contribution in [0.15, 0.2) is 47.1 Å². The Morgan fingerprint density at radius 3 is 2.81 bits per heavy atom. The van der Waals surface area contributed by atoms with Gasteiger partial charge in [0, 0.05) is 10.5 Å². The third-order valence-corrected chi connectivity index (χ3v) is 3.65. The number of benzene rings is 1. The van der Waals surface area contributed by atoms with E-state index in [4.69, 9.17) is 4.74 Å². The number of hydrogen-bond acceptors (Lipinski definition) is 4. The quantitative estimate of drug-likeness (QED) is 0.926. The van der Waals surface area contributed by atoms with Crippen LogP contribution in [0.1, 0.15) is 6.42 Å². The second kappa shape index (κ2) is 5.83. The smallest absolute Gasteiger partial charge is 0.229 e. The van der Waals surface area contributed by atoms with E-state index in [1.807, 2.05) is 24.3 Å². The summed E-state index contributed by atoms with van der Waals surface area (Å²) in [6.07, 6.45) is 1.13. The maximum atomic E-state index is 11.7. The summed E-state index contributed by atoms with van der Waals surface area (Å²) in [6, 6.07) is 10.9. The molecule has 1 N–H and O–H groups in total. The van der Waals surface area contributed by atoms with Crippen LogP contribution in [0.5, 0.6) is 11.6 Å². The van der Waals surface area contributed by atoms with E-state index in [0.717, 1.165) is 4.47 Å². The van der Waals surface area contributed by atoms with Crippen LogP contribution in [0.3, 0.4) is 0 Å². The number of β-amino-alcohol motifs (C(OH)–C–C–N with tert-alkyl or cyclic N) is 1. The van der Waals surface area contributed by atoms with Gasteiger partial charge in [-0.15, -0.1) is 0 Å². The Labute approximate surface area is 130 Å². The second-order valence-electron chi connectivity index (χ2n) is 4.78. The largest absolute Gasteiger partial charge is 0.439 e. The Kier molecular flexibility index (Phi) is 3.90. The molecule has 1 atom stereocenters. The summed E-state index contributed by atoms with van der Waals surface area (Å²) in [5.74, 6) is 1.03. The number of rotatable bonds is 3. The summed E-state index contributed by atoms with van der Waals surface area (Å²) in [6.45, 7) is 0.312. The van der Waals surface area contributed by atoms with Gasteiger partial charge in [0.15, 0.2) is 0 Å². The average Bonchev–Trinajstić information content (AvgIpc) is 2.79. The number of nitrogens with zero attached hydrogens (tertiary/aromatic N) is 2. The third kappa shape index (κ3) is 3.22. The number of aliphatic hydroxyl groups excluding tert-OH is 1. The first-order valence-electron chi connectivity index (χ1n) is 6.50. The minimum absolute atomic E-state index is 0.0926. The van der Waals surface area contributed by atoms with Gasteiger partial charge in [-0.2, -0.15) is 0 Å². The van der Waals surface area contributed by atoms with E-state index < -0.39 is 6.10 Å². The fraction of sp³-hybridized carbons (Fsp3) is 0.200. The molecule has 1 aromatic carbocycles. The number of hydrogen-bond donors (Lipinski definition) is 1. The molecule has 0 aliphatic carbocycles. The highest BCUT2D eigenvalue weighted by Crippen LogP contribution is 2.26. The Morgan fingerprint density at radius 1 is 1.33 bits per heavy atom. The van der Waals surface area contributed by atoms with Crippen molar-refractivity contribution in [3.63, 3.8) is 0 Å². The van der Waals surface area contributed by atoms with Gasteiger partial charge in [-0.05, 0) is 24.3 Å². The molecule has 108 valence electrons. The van der Waals surface area contributed by atoms with Gasteiger partial charge in [0.05, 0.1) is 31.0 Å². The topological polar surface area (TPSA) is 62.7 Å². The molecule has 1 unspecified atom stereocenters. The number of anilines is 1. The van der Waals surface area contributed by atoms with Crippen LogP contribution >= 0.6 is 15.9 Å². The zero-order chi connectivity index (χ0) is 14.8. The van der Waals surface area contributed by atoms with Gasteiger partial charge >= 0.3 is 0 Å². The molecular weight excluding hydrogens is 336 g/mol. The molecule has 0 spiro atoms. The molecule has 6 heteroatoms. The van der Waals surface area contributed by atoms with Crippen molar-refractivity contribution < 1.29 is 14.6 Å². The molecule has 3 rings (SSSR count). The van der Waals surface area contributed by atoms with Gasteiger partial charge in [-0.1, -0.05) is 22.0 Å². The van der Waals surface area contributed by atoms with Gasteiger partial charge in [0.2, 0.25) is 11.8 Å². The van der Waals surface area contributed by atoms with Crippen LogP contribution < -0.4 is 9.64 Å². The van der Waals surface area contributed by atoms with Crippen LogP contribution in [0.2, 0.25) is 0 Å². The van der Waals surface area contributed by atoms with Crippen LogP contribution in [-0.2, 0) is 4.79 Å². The van der Waals surface area contributed by atoms with E-state index in [9.17, 15) is 9.90 Å². The van der Waals surface area contributed by atoms with Crippen molar-refractivity contribution in [2.75, 3.05) is 11.4 Å². The maximum Gasteiger partial charge on any atom is 0.229 e. The van der Waals surface area contributed by atoms with Crippen molar-refractivity contribution in [3.8, 4) is 11.6 Å². The van der Waals surface area contributed by atoms with Crippen molar-refractivity contribution in [3.05, 3.63) is 47.1 Å². The second-order valence-corrected chi connectivity index (χ2v) is 5.69. The summed E-state index contributed by atoms with van der Waals surface area (Å²) in [7, 11) is 0. The maximum absolute atomic E-state index is 11.7. The normalized spacial score (nSPS) is 18.1. The predicted octanol–water partition coefficient (Wildman–Crippen LogP) is 2.73. The molecular formula is C15H13BrN2O3. The molecule has 0 saturated carbocycles. The van der Waals surface area contributed by atoms with E-state index in [-0.39, 0.29) is 12.3 Å². The van der Waals surface area contributed by atoms with Crippen LogP contribution in [-0.4, -0.2) is 28.6 Å². The third-order valence-electron chi connectivity index (χ3n) is 3.16. The van der Waals surface area contributed by atoms with Crippen molar-refractivity contribution >= 4 is 27.5 Å². The van der Waals surface area contributed by atoms with E-state index in [1.54, 1.807) is 18.3 Å². The number of carbonyl (C=O) groups is 1. The number of halogens is 1. The Hall–Kier alpha value is -1.92. The molecule has 1 aliphatic rings. The highest BCUT2D eigenvalue weighted by atomic mass is 79.9. The molecule has 5 nitrogen and oxygen atoms in total. The first-order valence-corrected chi connectivity index (χ1v) is 7.29. The van der Waals surface area contributed by atoms with Crippen LogP contribution in [0.25, 0.3) is 0 Å². The molecule has 1 aliphatic heterocycles. The predicted molar refractivity (Wildman–Crippen MR) is 81.4 cm³/mol. The number of carbonyl (C=O) groups excluding carboxylic acids is 1. The monoisotopic (exact) mass is 348 g/mol. The Balaban J connectivity index is 1.74. The molecule has 1 aromatic heterocycles. The standard InChI is InChI=1S/C15H13BrN2O3/c16-10-2-1-3-13(6-10)21-14-5-4-11(8-17-14)18-9-12(19)7-15(18)20/h1-6,8,12,19H,7,9H2. The first kappa shape index (κ1) is 14.0. The summed E-state index contributed by atoms with van der Waals surface area (Å²) in [5, 5.41) is 9.49. The molecule has 1 amide bonds. The van der Waals surface area contributed by atoms with Crippen LogP contribution in [0, 0.1) is 0 Å². The Morgan fingerprint density at radius 2 is 2.19 bits per heavy atom. The summed E-state index contributed by atoms with van der Waals surface area (Å²) in [4.78, 5) is 17.4. The molecule has 1 fully saturated rings. The van der Waals surface area contributed by atoms with E-state index >= 15 is 0 Å². The molecule has 2 heterocycles. The SMILES string of the molecule is O=C1CC(O)CN1c1ccc(Oc2cccc(Br)c2)nc1. The number of aliphatic hydroxyl groups is 1.